The van der Waals surface area contributed by atoms with Crippen LogP contribution in [0.1, 0.15) is 25.6 Å². The molecule has 0 fully saturated rings. The van der Waals surface area contributed by atoms with Crippen molar-refractivity contribution in [1.82, 2.24) is 29.1 Å². The van der Waals surface area contributed by atoms with Gasteiger partial charge in [0.05, 0.1) is 17.3 Å². The van der Waals surface area contributed by atoms with Gasteiger partial charge in [0.1, 0.15) is 5.52 Å². The Morgan fingerprint density at radius 1 is 1.00 bits per heavy atom. The molecule has 1 aromatic carbocycles. The zero-order chi connectivity index (χ0) is 22.0. The molecule has 4 rings (SSSR count). The van der Waals surface area contributed by atoms with Gasteiger partial charge in [-0.15, -0.1) is 0 Å². The number of unbranched alkanes of at least 4 members (excludes halogenated alkanes) is 1. The third kappa shape index (κ3) is 4.51. The average molecular weight is 479 g/mol. The number of hydrogen-bond acceptors (Lipinski definition) is 6. The van der Waals surface area contributed by atoms with Crippen molar-refractivity contribution in [3.05, 3.63) is 74.4 Å². The van der Waals surface area contributed by atoms with Crippen LogP contribution in [0.4, 0.5) is 5.95 Å². The lowest BCUT2D eigenvalue weighted by atomic mass is 10.3. The third-order valence-corrected chi connectivity index (χ3v) is 5.33. The Morgan fingerprint density at radius 3 is 2.39 bits per heavy atom. The molecule has 0 N–H and O–H groups in total. The topological polar surface area (TPSA) is 81.2 Å². The van der Waals surface area contributed by atoms with Crippen LogP contribution in [0.15, 0.2) is 47.4 Å². The van der Waals surface area contributed by atoms with Gasteiger partial charge in [-0.1, -0.05) is 43.1 Å². The molecule has 0 aliphatic carbocycles. The molecule has 31 heavy (non-hydrogen) atoms. The van der Waals surface area contributed by atoms with E-state index in [0.717, 1.165) is 12.8 Å². The van der Waals surface area contributed by atoms with Gasteiger partial charge in [-0.2, -0.15) is 20.1 Å². The smallest absolute Gasteiger partial charge is 0.284 e. The normalized spacial score (nSPS) is 11.2. The highest BCUT2D eigenvalue weighted by atomic mass is 35.5. The van der Waals surface area contributed by atoms with Crippen LogP contribution in [0.25, 0.3) is 11.2 Å². The summed E-state index contributed by atoms with van der Waals surface area (Å²) in [6.07, 6.45) is 3.48. The van der Waals surface area contributed by atoms with Crippen LogP contribution >= 0.6 is 34.8 Å². The molecule has 0 unspecified atom stereocenters. The van der Waals surface area contributed by atoms with Crippen molar-refractivity contribution in [2.45, 2.75) is 26.3 Å². The minimum atomic E-state index is -0.270. The molecule has 0 spiro atoms. The SMILES string of the molecule is CCCCN(Cc1nn2ccc(Cl)c2c(=O)n1-c1ccccc1)c1nc(Cl)nc(Cl)n1. The van der Waals surface area contributed by atoms with E-state index in [1.165, 1.54) is 4.52 Å². The summed E-state index contributed by atoms with van der Waals surface area (Å²) in [6, 6.07) is 10.9. The van der Waals surface area contributed by atoms with E-state index in [1.54, 1.807) is 16.8 Å². The number of aromatic nitrogens is 6. The van der Waals surface area contributed by atoms with Gasteiger partial charge < -0.3 is 4.90 Å². The molecule has 0 aliphatic heterocycles. The summed E-state index contributed by atoms with van der Waals surface area (Å²) in [5, 5.41) is 5.00. The largest absolute Gasteiger partial charge is 0.333 e. The summed E-state index contributed by atoms with van der Waals surface area (Å²) >= 11 is 18.3. The molecule has 0 bridgehead atoms. The van der Waals surface area contributed by atoms with E-state index in [9.17, 15) is 4.79 Å². The highest BCUT2D eigenvalue weighted by molar-refractivity contribution is 6.33. The van der Waals surface area contributed by atoms with Crippen molar-refractivity contribution in [2.24, 2.45) is 0 Å². The van der Waals surface area contributed by atoms with Gasteiger partial charge in [0.2, 0.25) is 16.5 Å². The lowest BCUT2D eigenvalue weighted by Crippen LogP contribution is -2.33. The molecule has 8 nitrogen and oxygen atoms in total. The number of hydrogen-bond donors (Lipinski definition) is 0. The van der Waals surface area contributed by atoms with Crippen LogP contribution in [-0.4, -0.2) is 35.7 Å². The Hall–Kier alpha value is -2.68. The van der Waals surface area contributed by atoms with Crippen molar-refractivity contribution in [1.29, 1.82) is 0 Å². The first-order valence-electron chi connectivity index (χ1n) is 9.64. The average Bonchev–Trinajstić information content (AvgIpc) is 3.12. The molecule has 3 heterocycles. The lowest BCUT2D eigenvalue weighted by molar-refractivity contribution is 0.641. The van der Waals surface area contributed by atoms with Gasteiger partial charge >= 0.3 is 0 Å². The summed E-state index contributed by atoms with van der Waals surface area (Å²) in [5.74, 6) is 0.803. The van der Waals surface area contributed by atoms with Crippen LogP contribution < -0.4 is 10.5 Å². The fourth-order valence-electron chi connectivity index (χ4n) is 3.25. The summed E-state index contributed by atoms with van der Waals surface area (Å²) in [4.78, 5) is 27.5. The zero-order valence-electron chi connectivity index (χ0n) is 16.5. The maximum Gasteiger partial charge on any atom is 0.284 e. The van der Waals surface area contributed by atoms with Gasteiger partial charge in [-0.05, 0) is 47.8 Å². The first-order valence-corrected chi connectivity index (χ1v) is 10.8. The second-order valence-corrected chi connectivity index (χ2v) is 7.88. The van der Waals surface area contributed by atoms with Crippen molar-refractivity contribution in [3.63, 3.8) is 0 Å². The summed E-state index contributed by atoms with van der Waals surface area (Å²) in [5.41, 5.74) is 0.714. The Balaban J connectivity index is 1.87. The zero-order valence-corrected chi connectivity index (χ0v) is 18.8. The van der Waals surface area contributed by atoms with Crippen LogP contribution in [-0.2, 0) is 6.54 Å². The Kier molecular flexibility index (Phi) is 6.41. The summed E-state index contributed by atoms with van der Waals surface area (Å²) < 4.78 is 3.04. The minimum Gasteiger partial charge on any atom is -0.333 e. The van der Waals surface area contributed by atoms with Crippen molar-refractivity contribution in [3.8, 4) is 5.69 Å². The summed E-state index contributed by atoms with van der Waals surface area (Å²) in [7, 11) is 0. The quantitative estimate of drug-likeness (QED) is 0.391. The van der Waals surface area contributed by atoms with E-state index in [-0.39, 0.29) is 22.7 Å². The Bertz CT molecular complexity index is 1250. The predicted octanol–water partition coefficient (Wildman–Crippen LogP) is 4.44. The van der Waals surface area contributed by atoms with Crippen LogP contribution in [0.5, 0.6) is 0 Å². The molecule has 3 aromatic heterocycles. The number of nitrogens with zero attached hydrogens (tertiary/aromatic N) is 7. The molecule has 0 atom stereocenters. The molecule has 160 valence electrons. The Morgan fingerprint density at radius 2 is 1.71 bits per heavy atom. The molecular formula is C20H18Cl3N7O. The van der Waals surface area contributed by atoms with E-state index in [0.29, 0.717) is 34.5 Å². The number of benzene rings is 1. The molecule has 11 heteroatoms. The molecule has 0 saturated heterocycles. The molecule has 0 amide bonds. The van der Waals surface area contributed by atoms with Crippen LogP contribution in [0.2, 0.25) is 15.6 Å². The highest BCUT2D eigenvalue weighted by Gasteiger charge is 2.20. The molecule has 0 radical (unpaired) electrons. The number of halogens is 3. The molecule has 0 saturated carbocycles. The first kappa shape index (κ1) is 21.5. The number of fused-ring (bicyclic) bond motifs is 1. The van der Waals surface area contributed by atoms with E-state index >= 15 is 0 Å². The Labute approximate surface area is 193 Å². The monoisotopic (exact) mass is 477 g/mol. The fourth-order valence-corrected chi connectivity index (χ4v) is 3.83. The summed E-state index contributed by atoms with van der Waals surface area (Å²) in [6.45, 7) is 2.94. The number of anilines is 1. The second-order valence-electron chi connectivity index (χ2n) is 6.80. The maximum atomic E-state index is 13.4. The van der Waals surface area contributed by atoms with E-state index in [4.69, 9.17) is 34.8 Å². The van der Waals surface area contributed by atoms with Gasteiger partial charge in [0.15, 0.2) is 5.82 Å². The predicted molar refractivity (Wildman–Crippen MR) is 122 cm³/mol. The molecule has 4 aromatic rings. The molecular weight excluding hydrogens is 461 g/mol. The third-order valence-electron chi connectivity index (χ3n) is 4.68. The van der Waals surface area contributed by atoms with Crippen molar-refractivity contribution < 1.29 is 0 Å². The van der Waals surface area contributed by atoms with Gasteiger partial charge in [0, 0.05) is 12.7 Å². The van der Waals surface area contributed by atoms with Gasteiger partial charge in [0.25, 0.3) is 5.56 Å². The van der Waals surface area contributed by atoms with Gasteiger partial charge in [-0.3, -0.25) is 9.36 Å². The minimum absolute atomic E-state index is 0.00227. The molecule has 0 aliphatic rings. The van der Waals surface area contributed by atoms with Crippen LogP contribution in [0, 0.1) is 0 Å². The van der Waals surface area contributed by atoms with Gasteiger partial charge in [-0.25, -0.2) is 4.52 Å². The van der Waals surface area contributed by atoms with E-state index < -0.39 is 0 Å². The number of rotatable bonds is 7. The lowest BCUT2D eigenvalue weighted by Gasteiger charge is -2.23. The van der Waals surface area contributed by atoms with E-state index in [2.05, 4.69) is 27.0 Å². The van der Waals surface area contributed by atoms with E-state index in [1.807, 2.05) is 35.2 Å². The standard InChI is InChI=1S/C20H18Cl3N7O/c1-2-3-10-28(20-25-18(22)24-19(23)26-20)12-15-27-29-11-9-14(21)16(29)17(31)30(15)13-7-5-4-6-8-13/h4-9,11H,2-3,10,12H2,1H3. The maximum absolute atomic E-state index is 13.4. The van der Waals surface area contributed by atoms with Crippen molar-refractivity contribution >= 4 is 46.3 Å². The number of para-hydroxylation sites is 1. The van der Waals surface area contributed by atoms with Crippen molar-refractivity contribution in [2.75, 3.05) is 11.4 Å². The van der Waals surface area contributed by atoms with Crippen LogP contribution in [0.3, 0.4) is 0 Å². The second kappa shape index (κ2) is 9.21. The first-order chi connectivity index (χ1) is 15.0. The fraction of sp³-hybridized carbons (Fsp3) is 0.250. The highest BCUT2D eigenvalue weighted by Crippen LogP contribution is 2.20.